The van der Waals surface area contributed by atoms with Crippen LogP contribution in [-0.2, 0) is 16.0 Å². The van der Waals surface area contributed by atoms with Crippen LogP contribution in [0.25, 0.3) is 0 Å². The standard InChI is InChI=1S/C9H9F3O2S/c1-2-15(13,14)8-5-3-7(4-6-8)9(10,11)12/h3-6H,2H2,1H3. The molecule has 1 rings (SSSR count). The number of benzene rings is 1. The number of hydrogen-bond donors (Lipinski definition) is 0. The fourth-order valence-corrected chi connectivity index (χ4v) is 1.90. The van der Waals surface area contributed by atoms with Crippen LogP contribution in [-0.4, -0.2) is 14.2 Å². The maximum atomic E-state index is 12.1. The van der Waals surface area contributed by atoms with Gasteiger partial charge < -0.3 is 0 Å². The minimum absolute atomic E-state index is 0.0852. The number of alkyl halides is 3. The van der Waals surface area contributed by atoms with Crippen LogP contribution in [0.2, 0.25) is 0 Å². The summed E-state index contributed by atoms with van der Waals surface area (Å²) in [6.45, 7) is 1.44. The van der Waals surface area contributed by atoms with E-state index in [1.165, 1.54) is 6.92 Å². The summed E-state index contributed by atoms with van der Waals surface area (Å²) in [5.41, 5.74) is -0.849. The normalized spacial score (nSPS) is 12.8. The van der Waals surface area contributed by atoms with Crippen molar-refractivity contribution in [3.63, 3.8) is 0 Å². The maximum absolute atomic E-state index is 12.1. The molecule has 0 unspecified atom stereocenters. The molecule has 0 aromatic heterocycles. The van der Waals surface area contributed by atoms with E-state index in [1.807, 2.05) is 0 Å². The third-order valence-corrected chi connectivity index (χ3v) is 3.67. The Bertz CT molecular complexity index is 431. The van der Waals surface area contributed by atoms with Gasteiger partial charge in [0.15, 0.2) is 9.84 Å². The number of rotatable bonds is 2. The molecule has 0 aliphatic carbocycles. The van der Waals surface area contributed by atoms with Gasteiger partial charge in [0.25, 0.3) is 0 Å². The number of hydrogen-bond acceptors (Lipinski definition) is 2. The smallest absolute Gasteiger partial charge is 0.224 e. The van der Waals surface area contributed by atoms with Crippen LogP contribution in [0.5, 0.6) is 0 Å². The van der Waals surface area contributed by atoms with E-state index < -0.39 is 21.6 Å². The predicted octanol–water partition coefficient (Wildman–Crippen LogP) is 2.50. The Kier molecular flexibility index (Phi) is 3.08. The van der Waals surface area contributed by atoms with E-state index in [1.54, 1.807) is 0 Å². The molecule has 84 valence electrons. The first kappa shape index (κ1) is 12.0. The molecule has 1 aromatic carbocycles. The molecular weight excluding hydrogens is 229 g/mol. The van der Waals surface area contributed by atoms with Crippen molar-refractivity contribution in [1.82, 2.24) is 0 Å². The zero-order valence-electron chi connectivity index (χ0n) is 7.88. The molecule has 0 amide bonds. The second kappa shape index (κ2) is 3.84. The van der Waals surface area contributed by atoms with Gasteiger partial charge in [0.05, 0.1) is 16.2 Å². The zero-order chi connectivity index (χ0) is 11.7. The van der Waals surface area contributed by atoms with Gasteiger partial charge in [0.2, 0.25) is 0 Å². The Balaban J connectivity index is 3.12. The minimum atomic E-state index is -4.44. The Morgan fingerprint density at radius 2 is 1.60 bits per heavy atom. The third kappa shape index (κ3) is 2.71. The van der Waals surface area contributed by atoms with Crippen LogP contribution in [0.4, 0.5) is 13.2 Å². The van der Waals surface area contributed by atoms with Gasteiger partial charge in [-0.15, -0.1) is 0 Å². The second-order valence-electron chi connectivity index (χ2n) is 2.93. The molecule has 0 saturated heterocycles. The molecule has 0 atom stereocenters. The molecule has 0 spiro atoms. The monoisotopic (exact) mass is 238 g/mol. The van der Waals surface area contributed by atoms with Gasteiger partial charge in [-0.1, -0.05) is 6.92 Å². The van der Waals surface area contributed by atoms with Crippen LogP contribution in [0.1, 0.15) is 12.5 Å². The lowest BCUT2D eigenvalue weighted by Crippen LogP contribution is -2.07. The molecule has 15 heavy (non-hydrogen) atoms. The summed E-state index contributed by atoms with van der Waals surface area (Å²) < 4.78 is 59.0. The predicted molar refractivity (Wildman–Crippen MR) is 49.2 cm³/mol. The molecule has 0 aliphatic rings. The van der Waals surface area contributed by atoms with E-state index >= 15 is 0 Å². The third-order valence-electron chi connectivity index (χ3n) is 1.92. The molecule has 0 N–H and O–H groups in total. The van der Waals surface area contributed by atoms with Crippen molar-refractivity contribution < 1.29 is 21.6 Å². The van der Waals surface area contributed by atoms with Crippen LogP contribution < -0.4 is 0 Å². The Morgan fingerprint density at radius 1 is 1.13 bits per heavy atom. The van der Waals surface area contributed by atoms with E-state index in [2.05, 4.69) is 0 Å². The van der Waals surface area contributed by atoms with E-state index in [0.29, 0.717) is 0 Å². The van der Waals surface area contributed by atoms with E-state index in [0.717, 1.165) is 24.3 Å². The topological polar surface area (TPSA) is 34.1 Å². The highest BCUT2D eigenvalue weighted by molar-refractivity contribution is 7.91. The van der Waals surface area contributed by atoms with Crippen molar-refractivity contribution in [1.29, 1.82) is 0 Å². The van der Waals surface area contributed by atoms with Gasteiger partial charge in [-0.05, 0) is 24.3 Å². The van der Waals surface area contributed by atoms with Crippen molar-refractivity contribution in [3.8, 4) is 0 Å². The summed E-state index contributed by atoms with van der Waals surface area (Å²) in [4.78, 5) is -0.0852. The van der Waals surface area contributed by atoms with Gasteiger partial charge in [0.1, 0.15) is 0 Å². The van der Waals surface area contributed by atoms with E-state index in [9.17, 15) is 21.6 Å². The highest BCUT2D eigenvalue weighted by Gasteiger charge is 2.30. The Labute approximate surface area is 85.6 Å². The first-order valence-corrected chi connectivity index (χ1v) is 5.82. The van der Waals surface area contributed by atoms with Gasteiger partial charge in [-0.25, -0.2) is 8.42 Å². The van der Waals surface area contributed by atoms with Gasteiger partial charge >= 0.3 is 6.18 Å². The lowest BCUT2D eigenvalue weighted by Gasteiger charge is -2.07. The summed E-state index contributed by atoms with van der Waals surface area (Å²) in [5, 5.41) is 0. The van der Waals surface area contributed by atoms with Crippen molar-refractivity contribution in [2.24, 2.45) is 0 Å². The fraction of sp³-hybridized carbons (Fsp3) is 0.333. The largest absolute Gasteiger partial charge is 0.416 e. The van der Waals surface area contributed by atoms with Crippen molar-refractivity contribution in [2.75, 3.05) is 5.75 Å². The van der Waals surface area contributed by atoms with Gasteiger partial charge in [-0.2, -0.15) is 13.2 Å². The van der Waals surface area contributed by atoms with E-state index in [4.69, 9.17) is 0 Å². The Hall–Kier alpha value is -1.04. The molecule has 6 heteroatoms. The van der Waals surface area contributed by atoms with Gasteiger partial charge in [-0.3, -0.25) is 0 Å². The first-order chi connectivity index (χ1) is 6.77. The lowest BCUT2D eigenvalue weighted by atomic mass is 10.2. The SMILES string of the molecule is CCS(=O)(=O)c1ccc(C(F)(F)F)cc1. The van der Waals surface area contributed by atoms with Crippen molar-refractivity contribution >= 4 is 9.84 Å². The molecule has 0 aliphatic heterocycles. The fourth-order valence-electron chi connectivity index (χ4n) is 1.02. The van der Waals surface area contributed by atoms with Crippen LogP contribution in [0.15, 0.2) is 29.2 Å². The molecule has 0 heterocycles. The number of sulfone groups is 1. The quantitative estimate of drug-likeness (QED) is 0.793. The molecule has 0 bridgehead atoms. The van der Waals surface area contributed by atoms with Gasteiger partial charge in [0, 0.05) is 0 Å². The second-order valence-corrected chi connectivity index (χ2v) is 5.20. The minimum Gasteiger partial charge on any atom is -0.224 e. The molecule has 1 aromatic rings. The van der Waals surface area contributed by atoms with Crippen LogP contribution in [0.3, 0.4) is 0 Å². The summed E-state index contributed by atoms with van der Waals surface area (Å²) in [7, 11) is -3.43. The summed E-state index contributed by atoms with van der Waals surface area (Å²) in [6, 6.07) is 3.48. The maximum Gasteiger partial charge on any atom is 0.416 e. The van der Waals surface area contributed by atoms with Crippen molar-refractivity contribution in [2.45, 2.75) is 18.0 Å². The van der Waals surface area contributed by atoms with Crippen LogP contribution in [0, 0.1) is 0 Å². The summed E-state index contributed by atoms with van der Waals surface area (Å²) in [6.07, 6.45) is -4.44. The summed E-state index contributed by atoms with van der Waals surface area (Å²) in [5.74, 6) is -0.127. The highest BCUT2D eigenvalue weighted by atomic mass is 32.2. The average molecular weight is 238 g/mol. The molecular formula is C9H9F3O2S. The molecule has 0 fully saturated rings. The number of halogens is 3. The summed E-state index contributed by atoms with van der Waals surface area (Å²) >= 11 is 0. The Morgan fingerprint density at radius 3 is 1.93 bits per heavy atom. The first-order valence-electron chi connectivity index (χ1n) is 4.17. The zero-order valence-corrected chi connectivity index (χ0v) is 8.69. The highest BCUT2D eigenvalue weighted by Crippen LogP contribution is 2.29. The molecule has 0 saturated carbocycles. The van der Waals surface area contributed by atoms with E-state index in [-0.39, 0.29) is 10.6 Å². The average Bonchev–Trinajstić information content (AvgIpc) is 2.17. The molecule has 2 nitrogen and oxygen atoms in total. The van der Waals surface area contributed by atoms with Crippen LogP contribution >= 0.6 is 0 Å². The molecule has 0 radical (unpaired) electrons. The van der Waals surface area contributed by atoms with Crippen molar-refractivity contribution in [3.05, 3.63) is 29.8 Å². The lowest BCUT2D eigenvalue weighted by molar-refractivity contribution is -0.137.